The van der Waals surface area contributed by atoms with Crippen molar-refractivity contribution in [1.29, 1.82) is 0 Å². The van der Waals surface area contributed by atoms with Gasteiger partial charge in [0.2, 0.25) is 9.84 Å². The van der Waals surface area contributed by atoms with E-state index >= 15 is 0 Å². The van der Waals surface area contributed by atoms with Gasteiger partial charge in [-0.25, -0.2) is 8.42 Å². The smallest absolute Gasteiger partial charge is 0.203 e. The van der Waals surface area contributed by atoms with Gasteiger partial charge in [-0.2, -0.15) is 0 Å². The number of hydrogen-bond donors (Lipinski definition) is 2. The van der Waals surface area contributed by atoms with Crippen LogP contribution in [0.4, 0.5) is 0 Å². The first-order valence-corrected chi connectivity index (χ1v) is 5.62. The van der Waals surface area contributed by atoms with Gasteiger partial charge in [-0.05, 0) is 24.3 Å². The fraction of sp³-hybridized carbons (Fsp3) is 0.111. The highest BCUT2D eigenvalue weighted by molar-refractivity contribution is 7.94. The summed E-state index contributed by atoms with van der Waals surface area (Å²) in [6.07, 6.45) is 0. The molecule has 82 valence electrons. The standard InChI is InChI=1S/C9H12N2O3S/c1-14-7-2-4-8(5-3-7)15(12,13)6-9(10)11/h2-6H,10-11H2,1H3. The topological polar surface area (TPSA) is 95.4 Å². The zero-order chi connectivity index (χ0) is 11.5. The maximum absolute atomic E-state index is 11.6. The summed E-state index contributed by atoms with van der Waals surface area (Å²) in [5, 5.41) is 0.814. The highest BCUT2D eigenvalue weighted by Crippen LogP contribution is 2.17. The second-order valence-electron chi connectivity index (χ2n) is 2.84. The van der Waals surface area contributed by atoms with Crippen molar-refractivity contribution in [3.8, 4) is 5.75 Å². The lowest BCUT2D eigenvalue weighted by Crippen LogP contribution is -2.11. The average molecular weight is 228 g/mol. The largest absolute Gasteiger partial charge is 0.497 e. The molecular weight excluding hydrogens is 216 g/mol. The Labute approximate surface area is 88.3 Å². The molecule has 0 saturated heterocycles. The monoisotopic (exact) mass is 228 g/mol. The summed E-state index contributed by atoms with van der Waals surface area (Å²) in [7, 11) is -2.05. The molecule has 0 atom stereocenters. The first kappa shape index (κ1) is 11.4. The van der Waals surface area contributed by atoms with Crippen LogP contribution in [0.2, 0.25) is 0 Å². The Kier molecular flexibility index (Phi) is 3.21. The zero-order valence-electron chi connectivity index (χ0n) is 8.17. The summed E-state index contributed by atoms with van der Waals surface area (Å²) in [6.45, 7) is 0. The van der Waals surface area contributed by atoms with Gasteiger partial charge in [0.25, 0.3) is 0 Å². The number of hydrogen-bond acceptors (Lipinski definition) is 5. The summed E-state index contributed by atoms with van der Waals surface area (Å²) in [4.78, 5) is 0.122. The van der Waals surface area contributed by atoms with Crippen LogP contribution >= 0.6 is 0 Å². The molecule has 0 radical (unpaired) electrons. The minimum Gasteiger partial charge on any atom is -0.497 e. The minimum absolute atomic E-state index is 0.122. The molecule has 4 N–H and O–H groups in total. The molecule has 6 heteroatoms. The summed E-state index contributed by atoms with van der Waals surface area (Å²) < 4.78 is 28.0. The second kappa shape index (κ2) is 4.22. The molecule has 5 nitrogen and oxygen atoms in total. The number of ether oxygens (including phenoxy) is 1. The van der Waals surface area contributed by atoms with E-state index in [-0.39, 0.29) is 10.7 Å². The Balaban J connectivity index is 3.12. The summed E-state index contributed by atoms with van der Waals surface area (Å²) in [5.41, 5.74) is 10.2. The lowest BCUT2D eigenvalue weighted by atomic mass is 10.3. The van der Waals surface area contributed by atoms with Crippen LogP contribution in [0.3, 0.4) is 0 Å². The molecule has 0 aromatic heterocycles. The van der Waals surface area contributed by atoms with Gasteiger partial charge in [0.05, 0.1) is 17.4 Å². The Morgan fingerprint density at radius 2 is 1.80 bits per heavy atom. The SMILES string of the molecule is COc1ccc(S(=O)(=O)C=C(N)N)cc1. The molecule has 0 heterocycles. The molecule has 0 saturated carbocycles. The van der Waals surface area contributed by atoms with E-state index in [1.807, 2.05) is 0 Å². The molecule has 0 aliphatic heterocycles. The Hall–Kier alpha value is -1.69. The fourth-order valence-electron chi connectivity index (χ4n) is 1.01. The molecule has 0 aliphatic rings. The Morgan fingerprint density at radius 3 is 2.20 bits per heavy atom. The van der Waals surface area contributed by atoms with Crippen molar-refractivity contribution < 1.29 is 13.2 Å². The number of methoxy groups -OCH3 is 1. The van der Waals surface area contributed by atoms with Gasteiger partial charge >= 0.3 is 0 Å². The zero-order valence-corrected chi connectivity index (χ0v) is 8.99. The molecule has 0 amide bonds. The second-order valence-corrected chi connectivity index (χ2v) is 4.64. The third-order valence-corrected chi connectivity index (χ3v) is 3.19. The quantitative estimate of drug-likeness (QED) is 0.769. The predicted molar refractivity (Wildman–Crippen MR) is 56.6 cm³/mol. The first-order valence-electron chi connectivity index (χ1n) is 4.07. The van der Waals surface area contributed by atoms with Crippen LogP contribution in [-0.2, 0) is 9.84 Å². The van der Waals surface area contributed by atoms with Gasteiger partial charge in [-0.1, -0.05) is 0 Å². The summed E-state index contributed by atoms with van der Waals surface area (Å²) in [5.74, 6) is 0.337. The molecule has 0 bridgehead atoms. The Morgan fingerprint density at radius 1 is 1.27 bits per heavy atom. The van der Waals surface area contributed by atoms with Crippen LogP contribution in [-0.4, -0.2) is 15.5 Å². The Bertz CT molecular complexity index is 459. The lowest BCUT2D eigenvalue weighted by Gasteiger charge is -2.02. The van der Waals surface area contributed by atoms with Crippen molar-refractivity contribution in [2.24, 2.45) is 11.5 Å². The molecule has 0 aliphatic carbocycles. The van der Waals surface area contributed by atoms with E-state index in [0.29, 0.717) is 5.75 Å². The van der Waals surface area contributed by atoms with Crippen molar-refractivity contribution >= 4 is 9.84 Å². The normalized spacial score (nSPS) is 10.7. The molecule has 1 aromatic carbocycles. The fourth-order valence-corrected chi connectivity index (χ4v) is 2.02. The van der Waals surface area contributed by atoms with Crippen LogP contribution in [0.5, 0.6) is 5.75 Å². The predicted octanol–water partition coefficient (Wildman–Crippen LogP) is 0.185. The van der Waals surface area contributed by atoms with Crippen LogP contribution in [0.1, 0.15) is 0 Å². The highest BCUT2D eigenvalue weighted by Gasteiger charge is 2.11. The molecule has 0 unspecified atom stereocenters. The van der Waals surface area contributed by atoms with Gasteiger partial charge in [0.15, 0.2) is 0 Å². The summed E-state index contributed by atoms with van der Waals surface area (Å²) in [6, 6.07) is 5.95. The lowest BCUT2D eigenvalue weighted by molar-refractivity contribution is 0.414. The molecule has 0 fully saturated rings. The number of rotatable bonds is 3. The van der Waals surface area contributed by atoms with Crippen LogP contribution in [0.15, 0.2) is 40.4 Å². The molecule has 0 spiro atoms. The van der Waals surface area contributed by atoms with Crippen LogP contribution in [0, 0.1) is 0 Å². The van der Waals surface area contributed by atoms with Crippen molar-refractivity contribution in [3.05, 3.63) is 35.5 Å². The van der Waals surface area contributed by atoms with Gasteiger partial charge in [0.1, 0.15) is 11.6 Å². The third kappa shape index (κ3) is 2.88. The number of benzene rings is 1. The van der Waals surface area contributed by atoms with E-state index in [2.05, 4.69) is 0 Å². The maximum Gasteiger partial charge on any atom is 0.203 e. The van der Waals surface area contributed by atoms with Crippen molar-refractivity contribution in [2.45, 2.75) is 4.90 Å². The van der Waals surface area contributed by atoms with Crippen LogP contribution < -0.4 is 16.2 Å². The van der Waals surface area contributed by atoms with Gasteiger partial charge < -0.3 is 16.2 Å². The van der Waals surface area contributed by atoms with Gasteiger partial charge in [0, 0.05) is 0 Å². The molecule has 1 aromatic rings. The highest BCUT2D eigenvalue weighted by atomic mass is 32.2. The first-order chi connectivity index (χ1) is 6.95. The van der Waals surface area contributed by atoms with E-state index in [9.17, 15) is 8.42 Å². The average Bonchev–Trinajstić information content (AvgIpc) is 2.16. The number of nitrogens with two attached hydrogens (primary N) is 2. The number of sulfone groups is 1. The molecular formula is C9H12N2O3S. The molecule has 1 rings (SSSR count). The third-order valence-electron chi connectivity index (χ3n) is 1.68. The van der Waals surface area contributed by atoms with Crippen molar-refractivity contribution in [3.63, 3.8) is 0 Å². The molecule has 15 heavy (non-hydrogen) atoms. The van der Waals surface area contributed by atoms with E-state index in [1.54, 1.807) is 12.1 Å². The van der Waals surface area contributed by atoms with E-state index in [0.717, 1.165) is 5.41 Å². The van der Waals surface area contributed by atoms with E-state index < -0.39 is 9.84 Å². The maximum atomic E-state index is 11.6. The van der Waals surface area contributed by atoms with Gasteiger partial charge in [-0.3, -0.25) is 0 Å². The van der Waals surface area contributed by atoms with E-state index in [1.165, 1.54) is 19.2 Å². The van der Waals surface area contributed by atoms with Crippen LogP contribution in [0.25, 0.3) is 0 Å². The van der Waals surface area contributed by atoms with Crippen molar-refractivity contribution in [2.75, 3.05) is 7.11 Å². The van der Waals surface area contributed by atoms with E-state index in [4.69, 9.17) is 16.2 Å². The van der Waals surface area contributed by atoms with Gasteiger partial charge in [-0.15, -0.1) is 0 Å². The summed E-state index contributed by atoms with van der Waals surface area (Å²) >= 11 is 0. The minimum atomic E-state index is -3.55. The van der Waals surface area contributed by atoms with Crippen molar-refractivity contribution in [1.82, 2.24) is 0 Å².